The quantitative estimate of drug-likeness (QED) is 0.704. The number of urea groups is 1. The molecular formula is C23H29N5O4S. The van der Waals surface area contributed by atoms with Crippen LogP contribution in [0.5, 0.6) is 0 Å². The molecule has 1 saturated carbocycles. The Hall–Kier alpha value is -2.72. The molecule has 176 valence electrons. The van der Waals surface area contributed by atoms with Crippen LogP contribution >= 0.6 is 0 Å². The van der Waals surface area contributed by atoms with Crippen LogP contribution in [0.1, 0.15) is 55.4 Å². The van der Waals surface area contributed by atoms with Gasteiger partial charge in [-0.2, -0.15) is 0 Å². The molecular weight excluding hydrogens is 442 g/mol. The smallest absolute Gasteiger partial charge is 0.319 e. The van der Waals surface area contributed by atoms with Crippen molar-refractivity contribution in [1.82, 2.24) is 15.3 Å². The molecule has 3 unspecified atom stereocenters. The van der Waals surface area contributed by atoms with Crippen molar-refractivity contribution in [2.75, 3.05) is 30.0 Å². The van der Waals surface area contributed by atoms with E-state index in [2.05, 4.69) is 22.5 Å². The van der Waals surface area contributed by atoms with Gasteiger partial charge in [-0.05, 0) is 57.9 Å². The summed E-state index contributed by atoms with van der Waals surface area (Å²) in [6.07, 6.45) is 2.05. The Bertz CT molecular complexity index is 1180. The van der Waals surface area contributed by atoms with Crippen LogP contribution in [-0.4, -0.2) is 56.3 Å². The molecule has 0 radical (unpaired) electrons. The lowest BCUT2D eigenvalue weighted by Gasteiger charge is -2.35. The van der Waals surface area contributed by atoms with Gasteiger partial charge in [0.15, 0.2) is 15.7 Å². The Kier molecular flexibility index (Phi) is 5.52. The number of anilines is 2. The zero-order valence-corrected chi connectivity index (χ0v) is 19.9. The van der Waals surface area contributed by atoms with Crippen molar-refractivity contribution in [3.05, 3.63) is 35.5 Å². The van der Waals surface area contributed by atoms with Crippen LogP contribution in [0.3, 0.4) is 0 Å². The molecule has 9 nitrogen and oxygen atoms in total. The molecule has 10 heteroatoms. The summed E-state index contributed by atoms with van der Waals surface area (Å²) < 4.78 is 31.6. The highest BCUT2D eigenvalue weighted by Gasteiger charge is 2.45. The standard InChI is InChI=1S/C23H29N5O4S/c1-13-12-32-11-10-28(13)22-19-14(2)33(30,31)15(3)20(19)26-21(27-22)16-4-6-17(7-5-16)24-23(29)25-18-8-9-18/h4-7,13-15,18H,8-12H2,1-3H3,(H2,24,25,29). The van der Waals surface area contributed by atoms with Crippen LogP contribution in [-0.2, 0) is 14.6 Å². The molecule has 1 aromatic carbocycles. The average Bonchev–Trinajstić information content (AvgIpc) is 3.59. The van der Waals surface area contributed by atoms with Gasteiger partial charge in [-0.25, -0.2) is 23.2 Å². The average molecular weight is 472 g/mol. The Morgan fingerprint density at radius 1 is 1.09 bits per heavy atom. The lowest BCUT2D eigenvalue weighted by Crippen LogP contribution is -2.44. The third kappa shape index (κ3) is 4.06. The molecule has 2 aromatic rings. The first-order valence-corrected chi connectivity index (χ1v) is 13.0. The molecule has 2 aliphatic heterocycles. The van der Waals surface area contributed by atoms with Gasteiger partial charge in [-0.15, -0.1) is 0 Å². The molecule has 2 amide bonds. The summed E-state index contributed by atoms with van der Waals surface area (Å²) in [4.78, 5) is 23.7. The molecule has 0 spiro atoms. The van der Waals surface area contributed by atoms with Crippen molar-refractivity contribution in [2.24, 2.45) is 0 Å². The van der Waals surface area contributed by atoms with Crippen molar-refractivity contribution in [3.63, 3.8) is 0 Å². The molecule has 5 rings (SSSR count). The molecule has 33 heavy (non-hydrogen) atoms. The van der Waals surface area contributed by atoms with E-state index in [1.807, 2.05) is 12.1 Å². The molecule has 3 aliphatic rings. The van der Waals surface area contributed by atoms with Gasteiger partial charge in [0.25, 0.3) is 0 Å². The van der Waals surface area contributed by atoms with E-state index in [1.54, 1.807) is 26.0 Å². The number of carbonyl (C=O) groups excluding carboxylic acids is 1. The number of hydrogen-bond donors (Lipinski definition) is 2. The van der Waals surface area contributed by atoms with E-state index in [0.717, 1.165) is 18.4 Å². The number of hydrogen-bond acceptors (Lipinski definition) is 7. The fraction of sp³-hybridized carbons (Fsp3) is 0.522. The Morgan fingerprint density at radius 2 is 1.82 bits per heavy atom. The third-order valence-electron chi connectivity index (χ3n) is 6.69. The number of carbonyl (C=O) groups is 1. The van der Waals surface area contributed by atoms with Crippen LogP contribution in [0.2, 0.25) is 0 Å². The maximum atomic E-state index is 13.0. The molecule has 2 N–H and O–H groups in total. The molecule has 3 atom stereocenters. The summed E-state index contributed by atoms with van der Waals surface area (Å²) in [5.41, 5.74) is 2.71. The number of benzene rings is 1. The second-order valence-corrected chi connectivity index (χ2v) is 11.7. The summed E-state index contributed by atoms with van der Waals surface area (Å²) in [6, 6.07) is 7.45. The van der Waals surface area contributed by atoms with Gasteiger partial charge in [0.1, 0.15) is 11.1 Å². The molecule has 1 saturated heterocycles. The van der Waals surface area contributed by atoms with Crippen LogP contribution < -0.4 is 15.5 Å². The first-order valence-electron chi connectivity index (χ1n) is 11.4. The number of aromatic nitrogens is 2. The maximum absolute atomic E-state index is 13.0. The number of nitrogens with one attached hydrogen (secondary N) is 2. The van der Waals surface area contributed by atoms with Gasteiger partial charge in [-0.1, -0.05) is 0 Å². The highest BCUT2D eigenvalue weighted by Crippen LogP contribution is 2.48. The minimum atomic E-state index is -3.38. The van der Waals surface area contributed by atoms with Crippen LogP contribution in [0.25, 0.3) is 11.4 Å². The van der Waals surface area contributed by atoms with E-state index >= 15 is 0 Å². The lowest BCUT2D eigenvalue weighted by atomic mass is 10.1. The molecule has 0 bridgehead atoms. The monoisotopic (exact) mass is 471 g/mol. The minimum Gasteiger partial charge on any atom is -0.377 e. The van der Waals surface area contributed by atoms with E-state index in [9.17, 15) is 13.2 Å². The Labute approximate surface area is 193 Å². The van der Waals surface area contributed by atoms with Gasteiger partial charge in [-0.3, -0.25) is 0 Å². The highest BCUT2D eigenvalue weighted by atomic mass is 32.2. The van der Waals surface area contributed by atoms with Crippen LogP contribution in [0.4, 0.5) is 16.3 Å². The predicted molar refractivity (Wildman–Crippen MR) is 126 cm³/mol. The topological polar surface area (TPSA) is 114 Å². The van der Waals surface area contributed by atoms with Crippen molar-refractivity contribution >= 4 is 27.4 Å². The Morgan fingerprint density at radius 3 is 2.48 bits per heavy atom. The maximum Gasteiger partial charge on any atom is 0.319 e. The van der Waals surface area contributed by atoms with Crippen molar-refractivity contribution < 1.29 is 17.9 Å². The summed E-state index contributed by atoms with van der Waals surface area (Å²) in [6.45, 7) is 7.25. The van der Waals surface area contributed by atoms with Crippen LogP contribution in [0.15, 0.2) is 24.3 Å². The second-order valence-electron chi connectivity index (χ2n) is 9.11. The fourth-order valence-corrected chi connectivity index (χ4v) is 6.13. The molecule has 2 fully saturated rings. The summed E-state index contributed by atoms with van der Waals surface area (Å²) in [5.74, 6) is 1.16. The number of amides is 2. The minimum absolute atomic E-state index is 0.0768. The summed E-state index contributed by atoms with van der Waals surface area (Å²) in [7, 11) is -3.38. The van der Waals surface area contributed by atoms with E-state index in [4.69, 9.17) is 14.7 Å². The number of sulfone groups is 1. The van der Waals surface area contributed by atoms with E-state index in [0.29, 0.717) is 48.3 Å². The number of nitrogens with zero attached hydrogens (tertiary/aromatic N) is 3. The first-order chi connectivity index (χ1) is 15.8. The van der Waals surface area contributed by atoms with Crippen molar-refractivity contribution in [1.29, 1.82) is 0 Å². The fourth-order valence-electron chi connectivity index (χ4n) is 4.47. The van der Waals surface area contributed by atoms with E-state index < -0.39 is 20.3 Å². The summed E-state index contributed by atoms with van der Waals surface area (Å²) >= 11 is 0. The van der Waals surface area contributed by atoms with Crippen molar-refractivity contribution in [3.8, 4) is 11.4 Å². The van der Waals surface area contributed by atoms with E-state index in [1.165, 1.54) is 0 Å². The van der Waals surface area contributed by atoms with Gasteiger partial charge >= 0.3 is 6.03 Å². The normalized spacial score (nSPS) is 26.0. The van der Waals surface area contributed by atoms with Gasteiger partial charge < -0.3 is 20.3 Å². The van der Waals surface area contributed by atoms with Crippen LogP contribution in [0, 0.1) is 0 Å². The molecule has 1 aliphatic carbocycles. The van der Waals surface area contributed by atoms with Gasteiger partial charge in [0, 0.05) is 29.4 Å². The zero-order valence-electron chi connectivity index (χ0n) is 19.0. The first kappa shape index (κ1) is 22.1. The number of ether oxygens (including phenoxy) is 1. The van der Waals surface area contributed by atoms with Gasteiger partial charge in [0.2, 0.25) is 0 Å². The summed E-state index contributed by atoms with van der Waals surface area (Å²) in [5, 5.41) is 4.38. The molecule has 3 heterocycles. The largest absolute Gasteiger partial charge is 0.377 e. The molecule has 1 aromatic heterocycles. The Balaban J connectivity index is 1.51. The number of morpholine rings is 1. The predicted octanol–water partition coefficient (Wildman–Crippen LogP) is 3.20. The van der Waals surface area contributed by atoms with E-state index in [-0.39, 0.29) is 18.1 Å². The van der Waals surface area contributed by atoms with Crippen molar-refractivity contribution in [2.45, 2.75) is 56.2 Å². The number of rotatable bonds is 4. The number of fused-ring (bicyclic) bond motifs is 1. The van der Waals surface area contributed by atoms with Gasteiger partial charge in [0.05, 0.1) is 30.2 Å². The lowest BCUT2D eigenvalue weighted by molar-refractivity contribution is 0.0984. The third-order valence-corrected chi connectivity index (χ3v) is 9.12. The zero-order chi connectivity index (χ0) is 23.3. The second kappa shape index (κ2) is 8.25. The highest BCUT2D eigenvalue weighted by molar-refractivity contribution is 7.92. The SMILES string of the molecule is CC1COCCN1c1nc(-c2ccc(NC(=O)NC3CC3)cc2)nc2c1C(C)S(=O)(=O)C2C.